The van der Waals surface area contributed by atoms with Crippen LogP contribution in [0.5, 0.6) is 0 Å². The monoisotopic (exact) mass is 284 g/mol. The van der Waals surface area contributed by atoms with Crippen LogP contribution in [0.15, 0.2) is 29.2 Å². The molecule has 0 amide bonds. The van der Waals surface area contributed by atoms with Crippen molar-refractivity contribution in [2.75, 3.05) is 10.5 Å². The second-order valence-electron chi connectivity index (χ2n) is 3.93. The Morgan fingerprint density at radius 3 is 2.74 bits per heavy atom. The number of halogens is 1. The maximum atomic E-state index is 13.6. The first kappa shape index (κ1) is 13.3. The summed E-state index contributed by atoms with van der Waals surface area (Å²) in [5.41, 5.74) is 6.30. The Morgan fingerprint density at radius 2 is 2.16 bits per heavy atom. The van der Waals surface area contributed by atoms with E-state index in [-0.39, 0.29) is 11.5 Å². The molecule has 1 heterocycles. The Bertz CT molecular complexity index is 696. The van der Waals surface area contributed by atoms with Gasteiger partial charge in [-0.2, -0.15) is 5.10 Å². The van der Waals surface area contributed by atoms with Crippen molar-refractivity contribution in [3.63, 3.8) is 0 Å². The lowest BCUT2D eigenvalue weighted by atomic mass is 10.3. The molecule has 0 unspecified atom stereocenters. The highest BCUT2D eigenvalue weighted by molar-refractivity contribution is 7.92. The highest BCUT2D eigenvalue weighted by Crippen LogP contribution is 2.20. The molecule has 2 aromatic rings. The van der Waals surface area contributed by atoms with Gasteiger partial charge in [-0.05, 0) is 24.6 Å². The maximum absolute atomic E-state index is 13.6. The number of nitrogen functional groups attached to an aromatic ring is 1. The predicted octanol–water partition coefficient (Wildman–Crippen LogP) is 1.49. The molecule has 102 valence electrons. The van der Waals surface area contributed by atoms with E-state index in [4.69, 9.17) is 5.73 Å². The molecule has 19 heavy (non-hydrogen) atoms. The molecule has 0 saturated carbocycles. The summed E-state index contributed by atoms with van der Waals surface area (Å²) < 4.78 is 39.8. The summed E-state index contributed by atoms with van der Waals surface area (Å²) >= 11 is 0. The summed E-state index contributed by atoms with van der Waals surface area (Å²) in [6.07, 6.45) is 0.685. The number of nitrogens with two attached hydrogens (primary N) is 1. The molecular formula is C11H13FN4O2S. The van der Waals surface area contributed by atoms with E-state index in [1.165, 1.54) is 6.07 Å². The highest BCUT2D eigenvalue weighted by atomic mass is 32.2. The van der Waals surface area contributed by atoms with Crippen LogP contribution < -0.4 is 10.5 Å². The molecule has 0 spiro atoms. The van der Waals surface area contributed by atoms with Gasteiger partial charge in [0.05, 0.1) is 0 Å². The lowest BCUT2D eigenvalue weighted by Crippen LogP contribution is -2.15. The van der Waals surface area contributed by atoms with Gasteiger partial charge in [0.25, 0.3) is 10.0 Å². The van der Waals surface area contributed by atoms with E-state index < -0.39 is 20.7 Å². The fourth-order valence-electron chi connectivity index (χ4n) is 1.52. The van der Waals surface area contributed by atoms with Crippen molar-refractivity contribution < 1.29 is 12.8 Å². The summed E-state index contributed by atoms with van der Waals surface area (Å²) in [6, 6.07) is 4.93. The smallest absolute Gasteiger partial charge is 0.266 e. The number of aromatic nitrogens is 2. The van der Waals surface area contributed by atoms with Crippen molar-refractivity contribution in [3.05, 3.63) is 35.8 Å². The van der Waals surface area contributed by atoms with Gasteiger partial charge in [-0.3, -0.25) is 9.82 Å². The zero-order valence-electron chi connectivity index (χ0n) is 10.1. The average Bonchev–Trinajstić information content (AvgIpc) is 2.75. The van der Waals surface area contributed by atoms with Crippen molar-refractivity contribution in [2.24, 2.45) is 0 Å². The van der Waals surface area contributed by atoms with Gasteiger partial charge in [0.1, 0.15) is 10.7 Å². The van der Waals surface area contributed by atoms with Crippen LogP contribution in [0, 0.1) is 5.82 Å². The molecule has 0 saturated heterocycles. The quantitative estimate of drug-likeness (QED) is 0.740. The topological polar surface area (TPSA) is 101 Å². The standard InChI is InChI=1S/C11H13FN4O2S/c1-2-8-6-11(15-14-8)16-19(17,18)10-4-3-7(13)5-9(10)12/h3-6H,2,13H2,1H3,(H2,14,15,16). The van der Waals surface area contributed by atoms with Gasteiger partial charge in [-0.25, -0.2) is 12.8 Å². The molecule has 0 aliphatic rings. The number of sulfonamides is 1. The Balaban J connectivity index is 2.32. The number of aromatic amines is 1. The van der Waals surface area contributed by atoms with E-state index in [1.807, 2.05) is 6.92 Å². The van der Waals surface area contributed by atoms with Crippen molar-refractivity contribution in [3.8, 4) is 0 Å². The largest absolute Gasteiger partial charge is 0.399 e. The van der Waals surface area contributed by atoms with Crippen LogP contribution in [0.4, 0.5) is 15.9 Å². The molecule has 1 aromatic carbocycles. The lowest BCUT2D eigenvalue weighted by Gasteiger charge is -2.06. The summed E-state index contributed by atoms with van der Waals surface area (Å²) in [7, 11) is -4.02. The number of nitrogens with zero attached hydrogens (tertiary/aromatic N) is 1. The van der Waals surface area contributed by atoms with Gasteiger partial charge in [0.15, 0.2) is 5.82 Å². The van der Waals surface area contributed by atoms with E-state index in [9.17, 15) is 12.8 Å². The van der Waals surface area contributed by atoms with Gasteiger partial charge >= 0.3 is 0 Å². The van der Waals surface area contributed by atoms with Crippen LogP contribution in [-0.2, 0) is 16.4 Å². The first-order valence-electron chi connectivity index (χ1n) is 5.54. The minimum Gasteiger partial charge on any atom is -0.399 e. The third-order valence-electron chi connectivity index (χ3n) is 2.50. The van der Waals surface area contributed by atoms with Crippen LogP contribution in [0.3, 0.4) is 0 Å². The van der Waals surface area contributed by atoms with Crippen LogP contribution in [0.25, 0.3) is 0 Å². The number of nitrogens with one attached hydrogen (secondary N) is 2. The highest BCUT2D eigenvalue weighted by Gasteiger charge is 2.20. The maximum Gasteiger partial charge on any atom is 0.266 e. The number of rotatable bonds is 4. The molecule has 0 fully saturated rings. The molecule has 8 heteroatoms. The zero-order valence-corrected chi connectivity index (χ0v) is 11.0. The normalized spacial score (nSPS) is 11.5. The van der Waals surface area contributed by atoms with E-state index in [1.54, 1.807) is 6.07 Å². The Labute approximate surface area is 109 Å². The molecule has 2 rings (SSSR count). The van der Waals surface area contributed by atoms with Gasteiger partial charge < -0.3 is 5.73 Å². The van der Waals surface area contributed by atoms with Gasteiger partial charge in [0.2, 0.25) is 0 Å². The second-order valence-corrected chi connectivity index (χ2v) is 5.58. The molecule has 0 radical (unpaired) electrons. The fraction of sp³-hybridized carbons (Fsp3) is 0.182. The molecule has 0 bridgehead atoms. The molecule has 0 atom stereocenters. The minimum absolute atomic E-state index is 0.119. The number of anilines is 2. The number of hydrogen-bond donors (Lipinski definition) is 3. The number of benzene rings is 1. The van der Waals surface area contributed by atoms with E-state index in [0.717, 1.165) is 17.8 Å². The third kappa shape index (κ3) is 2.84. The van der Waals surface area contributed by atoms with Crippen LogP contribution in [-0.4, -0.2) is 18.6 Å². The Kier molecular flexibility index (Phi) is 3.43. The third-order valence-corrected chi connectivity index (χ3v) is 3.88. The Hall–Kier alpha value is -2.09. The first-order valence-corrected chi connectivity index (χ1v) is 7.03. The van der Waals surface area contributed by atoms with Crippen molar-refractivity contribution >= 4 is 21.5 Å². The van der Waals surface area contributed by atoms with E-state index in [2.05, 4.69) is 14.9 Å². The van der Waals surface area contributed by atoms with E-state index in [0.29, 0.717) is 6.42 Å². The van der Waals surface area contributed by atoms with Crippen molar-refractivity contribution in [1.82, 2.24) is 10.2 Å². The predicted molar refractivity (Wildman–Crippen MR) is 69.6 cm³/mol. The fourth-order valence-corrected chi connectivity index (χ4v) is 2.58. The zero-order chi connectivity index (χ0) is 14.0. The molecule has 1 aromatic heterocycles. The second kappa shape index (κ2) is 4.88. The number of H-pyrrole nitrogens is 1. The average molecular weight is 284 g/mol. The molecule has 0 aliphatic heterocycles. The van der Waals surface area contributed by atoms with Crippen molar-refractivity contribution in [1.29, 1.82) is 0 Å². The number of hydrogen-bond acceptors (Lipinski definition) is 4. The summed E-state index contributed by atoms with van der Waals surface area (Å²) in [4.78, 5) is -0.470. The summed E-state index contributed by atoms with van der Waals surface area (Å²) in [5, 5.41) is 6.45. The molecule has 4 N–H and O–H groups in total. The SMILES string of the molecule is CCc1cc(NS(=O)(=O)c2ccc(N)cc2F)n[nH]1. The van der Waals surface area contributed by atoms with Crippen LogP contribution in [0.2, 0.25) is 0 Å². The summed E-state index contributed by atoms with van der Waals surface area (Å²) in [6.45, 7) is 1.89. The van der Waals surface area contributed by atoms with E-state index >= 15 is 0 Å². The molecule has 6 nitrogen and oxygen atoms in total. The van der Waals surface area contributed by atoms with Gasteiger partial charge in [0, 0.05) is 17.4 Å². The minimum atomic E-state index is -4.02. The summed E-state index contributed by atoms with van der Waals surface area (Å²) in [5.74, 6) is -0.785. The van der Waals surface area contributed by atoms with Crippen molar-refractivity contribution in [2.45, 2.75) is 18.2 Å². The van der Waals surface area contributed by atoms with Crippen LogP contribution >= 0.6 is 0 Å². The lowest BCUT2D eigenvalue weighted by molar-refractivity contribution is 0.570. The molecule has 0 aliphatic carbocycles. The Morgan fingerprint density at radius 1 is 1.42 bits per heavy atom. The van der Waals surface area contributed by atoms with Gasteiger partial charge in [-0.1, -0.05) is 6.92 Å². The van der Waals surface area contributed by atoms with Gasteiger partial charge in [-0.15, -0.1) is 0 Å². The first-order chi connectivity index (χ1) is 8.92. The van der Waals surface area contributed by atoms with Crippen LogP contribution in [0.1, 0.15) is 12.6 Å². The molecular weight excluding hydrogens is 271 g/mol. The number of aryl methyl sites for hydroxylation is 1.